The smallest absolute Gasteiger partial charge is 0.177 e. The highest BCUT2D eigenvalue weighted by atomic mass is 31.1. The molecule has 222 valence electrons. The van der Waals surface area contributed by atoms with Gasteiger partial charge in [0.15, 0.2) is 6.29 Å². The Morgan fingerprint density at radius 1 is 0.591 bits per heavy atom. The molecule has 0 unspecified atom stereocenters. The van der Waals surface area contributed by atoms with Gasteiger partial charge in [0.2, 0.25) is 0 Å². The van der Waals surface area contributed by atoms with Crippen molar-refractivity contribution in [2.45, 2.75) is 31.0 Å². The molecule has 1 aliphatic heterocycles. The summed E-state index contributed by atoms with van der Waals surface area (Å²) in [5, 5.41) is 2.28. The molecule has 1 aliphatic rings. The normalized spacial score (nSPS) is 18.4. The minimum absolute atomic E-state index is 0.268. The number of hydrogen-bond acceptors (Lipinski definition) is 4. The molecule has 4 nitrogen and oxygen atoms in total. The van der Waals surface area contributed by atoms with Crippen LogP contribution in [0.2, 0.25) is 0 Å². The summed E-state index contributed by atoms with van der Waals surface area (Å²) in [6.07, 6.45) is 2.76. The Bertz CT molecular complexity index is 1440. The van der Waals surface area contributed by atoms with Crippen molar-refractivity contribution in [1.29, 1.82) is 0 Å². The van der Waals surface area contributed by atoms with E-state index < -0.39 is 26.1 Å². The van der Waals surface area contributed by atoms with Gasteiger partial charge in [-0.05, 0) is 29.7 Å². The molecule has 0 fully saturated rings. The topological polar surface area (TPSA) is 36.9 Å². The van der Waals surface area contributed by atoms with Gasteiger partial charge in [-0.15, -0.1) is 0 Å². The third kappa shape index (κ3) is 6.76. The van der Waals surface area contributed by atoms with Gasteiger partial charge in [-0.25, -0.2) is 0 Å². The lowest BCUT2D eigenvalue weighted by Gasteiger charge is -2.39. The first kappa shape index (κ1) is 30.1. The highest BCUT2D eigenvalue weighted by Crippen LogP contribution is 2.42. The second-order valence-electron chi connectivity index (χ2n) is 10.5. The van der Waals surface area contributed by atoms with Gasteiger partial charge < -0.3 is 18.7 Å². The third-order valence-corrected chi connectivity index (χ3v) is 9.67. The molecule has 5 aromatic carbocycles. The zero-order chi connectivity index (χ0) is 30.0. The second-order valence-corrected chi connectivity index (χ2v) is 12.3. The molecule has 0 saturated heterocycles. The van der Waals surface area contributed by atoms with E-state index in [1.54, 1.807) is 0 Å². The SMILES string of the molecule is CCO[C@@H]1C=C[C@H](OP(c2ccccc2)c2ccccc2)[C@@H](COC(c2ccccc2)(c2ccccc2)c2ccccc2)O1. The van der Waals surface area contributed by atoms with Crippen molar-refractivity contribution >= 4 is 18.8 Å². The maximum Gasteiger partial charge on any atom is 0.177 e. The van der Waals surface area contributed by atoms with Crippen molar-refractivity contribution in [2.24, 2.45) is 0 Å². The second kappa shape index (κ2) is 14.7. The van der Waals surface area contributed by atoms with Gasteiger partial charge in [0.1, 0.15) is 17.8 Å². The first-order chi connectivity index (χ1) is 21.8. The van der Waals surface area contributed by atoms with Crippen LogP contribution in [-0.2, 0) is 24.3 Å². The van der Waals surface area contributed by atoms with E-state index in [-0.39, 0.29) is 12.7 Å². The number of rotatable bonds is 12. The molecule has 0 bridgehead atoms. The van der Waals surface area contributed by atoms with Crippen LogP contribution < -0.4 is 10.6 Å². The van der Waals surface area contributed by atoms with Crippen LogP contribution in [0.4, 0.5) is 0 Å². The number of hydrogen-bond donors (Lipinski definition) is 0. The first-order valence-corrected chi connectivity index (χ1v) is 16.4. The van der Waals surface area contributed by atoms with Crippen molar-refractivity contribution in [3.8, 4) is 0 Å². The lowest BCUT2D eigenvalue weighted by molar-refractivity contribution is -0.187. The summed E-state index contributed by atoms with van der Waals surface area (Å²) in [5.74, 6) is 0. The Morgan fingerprint density at radius 2 is 1.02 bits per heavy atom. The monoisotopic (exact) mass is 600 g/mol. The molecule has 1 heterocycles. The first-order valence-electron chi connectivity index (χ1n) is 15.1. The fourth-order valence-electron chi connectivity index (χ4n) is 5.61. The van der Waals surface area contributed by atoms with Crippen LogP contribution in [0.25, 0.3) is 0 Å². The average molecular weight is 601 g/mol. The summed E-state index contributed by atoms with van der Waals surface area (Å²) in [7, 11) is -1.12. The maximum atomic E-state index is 7.19. The summed E-state index contributed by atoms with van der Waals surface area (Å²) in [4.78, 5) is 0. The predicted molar refractivity (Wildman–Crippen MR) is 179 cm³/mol. The van der Waals surface area contributed by atoms with E-state index >= 15 is 0 Å². The lowest BCUT2D eigenvalue weighted by Crippen LogP contribution is -2.44. The van der Waals surface area contributed by atoms with Gasteiger partial charge in [-0.1, -0.05) is 158 Å². The summed E-state index contributed by atoms with van der Waals surface area (Å²) in [6.45, 7) is 2.78. The van der Waals surface area contributed by atoms with Crippen LogP contribution in [0.3, 0.4) is 0 Å². The van der Waals surface area contributed by atoms with Gasteiger partial charge in [0.05, 0.1) is 14.8 Å². The van der Waals surface area contributed by atoms with Crippen molar-refractivity contribution < 1.29 is 18.7 Å². The highest BCUT2D eigenvalue weighted by Gasteiger charge is 2.40. The highest BCUT2D eigenvalue weighted by molar-refractivity contribution is 7.68. The molecule has 0 amide bonds. The van der Waals surface area contributed by atoms with Crippen molar-refractivity contribution in [1.82, 2.24) is 0 Å². The summed E-state index contributed by atoms with van der Waals surface area (Å²) in [6, 6.07) is 52.0. The van der Waals surface area contributed by atoms with E-state index in [1.165, 1.54) is 0 Å². The molecular formula is C39H37O4P. The fraction of sp³-hybridized carbons (Fsp3) is 0.179. The predicted octanol–water partition coefficient (Wildman–Crippen LogP) is 7.75. The Labute approximate surface area is 261 Å². The molecule has 0 N–H and O–H groups in total. The molecule has 0 saturated carbocycles. The minimum atomic E-state index is -1.12. The van der Waals surface area contributed by atoms with Gasteiger partial charge in [-0.2, -0.15) is 0 Å². The maximum absolute atomic E-state index is 7.19. The molecule has 0 aliphatic carbocycles. The molecule has 0 spiro atoms. The van der Waals surface area contributed by atoms with Crippen LogP contribution in [0.1, 0.15) is 23.6 Å². The molecular weight excluding hydrogens is 563 g/mol. The molecule has 0 aromatic heterocycles. The Kier molecular flexibility index (Phi) is 10.1. The number of benzene rings is 5. The van der Waals surface area contributed by atoms with E-state index in [0.29, 0.717) is 6.61 Å². The quantitative estimate of drug-likeness (QED) is 0.0834. The van der Waals surface area contributed by atoms with E-state index in [1.807, 2.05) is 43.3 Å². The van der Waals surface area contributed by atoms with Crippen molar-refractivity contribution in [3.63, 3.8) is 0 Å². The van der Waals surface area contributed by atoms with Gasteiger partial charge >= 0.3 is 0 Å². The summed E-state index contributed by atoms with van der Waals surface area (Å²) in [5.41, 5.74) is 2.25. The Morgan fingerprint density at radius 3 is 1.45 bits per heavy atom. The third-order valence-electron chi connectivity index (χ3n) is 7.68. The van der Waals surface area contributed by atoms with Crippen molar-refractivity contribution in [2.75, 3.05) is 13.2 Å². The zero-order valence-corrected chi connectivity index (χ0v) is 25.7. The average Bonchev–Trinajstić information content (AvgIpc) is 3.10. The molecule has 5 heteroatoms. The van der Waals surface area contributed by atoms with Gasteiger partial charge in [0, 0.05) is 17.2 Å². The summed E-state index contributed by atoms with van der Waals surface area (Å²) >= 11 is 0. The van der Waals surface area contributed by atoms with Crippen LogP contribution in [-0.4, -0.2) is 31.7 Å². The van der Waals surface area contributed by atoms with E-state index in [0.717, 1.165) is 27.3 Å². The van der Waals surface area contributed by atoms with E-state index in [9.17, 15) is 0 Å². The van der Waals surface area contributed by atoms with Crippen LogP contribution >= 0.6 is 8.15 Å². The number of ether oxygens (including phenoxy) is 3. The van der Waals surface area contributed by atoms with Gasteiger partial charge in [-0.3, -0.25) is 0 Å². The van der Waals surface area contributed by atoms with Crippen LogP contribution in [0.15, 0.2) is 164 Å². The fourth-order valence-corrected chi connectivity index (χ4v) is 7.49. The molecule has 6 rings (SSSR count). The molecule has 44 heavy (non-hydrogen) atoms. The van der Waals surface area contributed by atoms with Crippen LogP contribution in [0, 0.1) is 0 Å². The Balaban J connectivity index is 1.38. The van der Waals surface area contributed by atoms with Crippen LogP contribution in [0.5, 0.6) is 0 Å². The Hall–Kier alpha value is -3.89. The van der Waals surface area contributed by atoms with Gasteiger partial charge in [0.25, 0.3) is 0 Å². The minimum Gasteiger partial charge on any atom is -0.358 e. The largest absolute Gasteiger partial charge is 0.358 e. The summed E-state index contributed by atoms with van der Waals surface area (Å²) < 4.78 is 26.7. The van der Waals surface area contributed by atoms with Crippen molar-refractivity contribution in [3.05, 3.63) is 181 Å². The van der Waals surface area contributed by atoms with E-state index in [4.69, 9.17) is 18.7 Å². The molecule has 5 aromatic rings. The lowest BCUT2D eigenvalue weighted by atomic mass is 9.80. The molecule has 3 atom stereocenters. The molecule has 0 radical (unpaired) electrons. The van der Waals surface area contributed by atoms with E-state index in [2.05, 4.69) is 127 Å². The standard InChI is InChI=1S/C39H37O4P/c1-2-40-38-29-28-36(43-44(34-24-14-6-15-25-34)35-26-16-7-17-27-35)37(42-38)30-41-39(31-18-8-3-9-19-31,32-20-10-4-11-21-32)33-22-12-5-13-23-33/h3-29,36-38H,2,30H2,1H3/t36-,37+,38-/m0/s1. The zero-order valence-electron chi connectivity index (χ0n) is 24.8.